The summed E-state index contributed by atoms with van der Waals surface area (Å²) in [6.45, 7) is 4.07. The van der Waals surface area contributed by atoms with Crippen LogP contribution in [0.2, 0.25) is 0 Å². The summed E-state index contributed by atoms with van der Waals surface area (Å²) in [6, 6.07) is 16.1. The third-order valence-corrected chi connectivity index (χ3v) is 2.84. The van der Waals surface area contributed by atoms with E-state index in [9.17, 15) is 4.79 Å². The second-order valence-corrected chi connectivity index (χ2v) is 4.50. The molecule has 1 nitrogen and oxygen atoms in total. The minimum absolute atomic E-state index is 0.712. The number of benzene rings is 2. The van der Waals surface area contributed by atoms with Crippen molar-refractivity contribution >= 4 is 17.9 Å². The van der Waals surface area contributed by atoms with Crippen LogP contribution in [-0.4, -0.2) is 6.29 Å². The van der Waals surface area contributed by atoms with E-state index >= 15 is 0 Å². The molecule has 0 aliphatic heterocycles. The van der Waals surface area contributed by atoms with E-state index < -0.39 is 0 Å². The SMILES string of the molecule is Cc1cccc(/C=C(/C=O)c2cccc(C)c2)c1. The van der Waals surface area contributed by atoms with Gasteiger partial charge in [0, 0.05) is 5.57 Å². The highest BCUT2D eigenvalue weighted by atomic mass is 16.1. The second-order valence-electron chi connectivity index (χ2n) is 4.50. The fourth-order valence-electron chi connectivity index (χ4n) is 1.95. The van der Waals surface area contributed by atoms with Crippen LogP contribution in [-0.2, 0) is 4.79 Å². The first-order valence-electron chi connectivity index (χ1n) is 5.99. The Bertz CT molecular complexity index is 594. The zero-order valence-corrected chi connectivity index (χ0v) is 10.7. The van der Waals surface area contributed by atoms with Gasteiger partial charge >= 0.3 is 0 Å². The van der Waals surface area contributed by atoms with Gasteiger partial charge in [-0.1, -0.05) is 59.7 Å². The first-order valence-corrected chi connectivity index (χ1v) is 5.99. The van der Waals surface area contributed by atoms with Crippen LogP contribution in [0, 0.1) is 13.8 Å². The zero-order valence-electron chi connectivity index (χ0n) is 10.7. The molecular formula is C17H16O. The smallest absolute Gasteiger partial charge is 0.150 e. The van der Waals surface area contributed by atoms with E-state index in [1.807, 2.05) is 62.4 Å². The lowest BCUT2D eigenvalue weighted by molar-refractivity contribution is -0.103. The number of hydrogen-bond acceptors (Lipinski definition) is 1. The van der Waals surface area contributed by atoms with Gasteiger partial charge in [-0.05, 0) is 31.1 Å². The third-order valence-electron chi connectivity index (χ3n) is 2.84. The van der Waals surface area contributed by atoms with Crippen molar-refractivity contribution in [2.45, 2.75) is 13.8 Å². The van der Waals surface area contributed by atoms with Crippen molar-refractivity contribution in [3.63, 3.8) is 0 Å². The summed E-state index contributed by atoms with van der Waals surface area (Å²) >= 11 is 0. The maximum Gasteiger partial charge on any atom is 0.150 e. The molecule has 1 heteroatoms. The Balaban J connectivity index is 2.42. The molecule has 0 aliphatic rings. The Morgan fingerprint density at radius 2 is 1.61 bits per heavy atom. The summed E-state index contributed by atoms with van der Waals surface area (Å²) in [5, 5.41) is 0. The van der Waals surface area contributed by atoms with Gasteiger partial charge in [0.2, 0.25) is 0 Å². The van der Waals surface area contributed by atoms with E-state index in [0.29, 0.717) is 5.57 Å². The molecule has 90 valence electrons. The number of carbonyl (C=O) groups excluding carboxylic acids is 1. The molecule has 0 radical (unpaired) electrons. The van der Waals surface area contributed by atoms with Gasteiger partial charge in [0.1, 0.15) is 0 Å². The molecule has 2 rings (SSSR count). The predicted octanol–water partition coefficient (Wildman–Crippen LogP) is 4.04. The summed E-state index contributed by atoms with van der Waals surface area (Å²) in [6.07, 6.45) is 2.84. The monoisotopic (exact) mass is 236 g/mol. The molecule has 0 heterocycles. The average molecular weight is 236 g/mol. The molecule has 0 unspecified atom stereocenters. The molecule has 0 spiro atoms. The third kappa shape index (κ3) is 2.95. The van der Waals surface area contributed by atoms with Gasteiger partial charge in [0.15, 0.2) is 6.29 Å². The number of aldehydes is 1. The molecule has 0 aromatic heterocycles. The Morgan fingerprint density at radius 3 is 2.22 bits per heavy atom. The molecule has 2 aromatic rings. The standard InChI is InChI=1S/C17H16O/c1-13-5-3-7-15(9-13)11-17(12-18)16-8-4-6-14(2)10-16/h3-12H,1-2H3/b17-11-. The van der Waals surface area contributed by atoms with Crippen LogP contribution in [0.4, 0.5) is 0 Å². The summed E-state index contributed by atoms with van der Waals surface area (Å²) in [4.78, 5) is 11.2. The molecule has 18 heavy (non-hydrogen) atoms. The van der Waals surface area contributed by atoms with E-state index in [1.54, 1.807) is 0 Å². The Morgan fingerprint density at radius 1 is 0.944 bits per heavy atom. The highest BCUT2D eigenvalue weighted by Crippen LogP contribution is 2.18. The molecular weight excluding hydrogens is 220 g/mol. The minimum Gasteiger partial charge on any atom is -0.298 e. The predicted molar refractivity (Wildman–Crippen MR) is 76.3 cm³/mol. The van der Waals surface area contributed by atoms with E-state index in [4.69, 9.17) is 0 Å². The Kier molecular flexibility index (Phi) is 3.73. The van der Waals surface area contributed by atoms with Gasteiger partial charge in [-0.2, -0.15) is 0 Å². The zero-order chi connectivity index (χ0) is 13.0. The first kappa shape index (κ1) is 12.3. The summed E-state index contributed by atoms with van der Waals surface area (Å²) in [5.41, 5.74) is 5.08. The van der Waals surface area contributed by atoms with Crippen LogP contribution in [0.15, 0.2) is 48.5 Å². The lowest BCUT2D eigenvalue weighted by Gasteiger charge is -2.03. The van der Waals surface area contributed by atoms with Crippen molar-refractivity contribution < 1.29 is 4.79 Å². The van der Waals surface area contributed by atoms with Crippen molar-refractivity contribution in [3.05, 3.63) is 70.8 Å². The van der Waals surface area contributed by atoms with E-state index in [-0.39, 0.29) is 0 Å². The lowest BCUT2D eigenvalue weighted by Crippen LogP contribution is -1.87. The molecule has 2 aromatic carbocycles. The largest absolute Gasteiger partial charge is 0.298 e. The van der Waals surface area contributed by atoms with Crippen LogP contribution in [0.1, 0.15) is 22.3 Å². The number of rotatable bonds is 3. The van der Waals surface area contributed by atoms with E-state index in [1.165, 1.54) is 5.56 Å². The van der Waals surface area contributed by atoms with Gasteiger partial charge < -0.3 is 0 Å². The lowest BCUT2D eigenvalue weighted by atomic mass is 10.0. The maximum atomic E-state index is 11.2. The highest BCUT2D eigenvalue weighted by Gasteiger charge is 2.01. The van der Waals surface area contributed by atoms with Crippen LogP contribution in [0.3, 0.4) is 0 Å². The number of hydrogen-bond donors (Lipinski definition) is 0. The van der Waals surface area contributed by atoms with Crippen molar-refractivity contribution in [3.8, 4) is 0 Å². The van der Waals surface area contributed by atoms with E-state index in [0.717, 1.165) is 23.0 Å². The van der Waals surface area contributed by atoms with Crippen molar-refractivity contribution in [1.82, 2.24) is 0 Å². The van der Waals surface area contributed by atoms with Crippen LogP contribution in [0.25, 0.3) is 11.6 Å². The van der Waals surface area contributed by atoms with Gasteiger partial charge in [0.25, 0.3) is 0 Å². The average Bonchev–Trinajstić information content (AvgIpc) is 2.36. The van der Waals surface area contributed by atoms with Crippen molar-refractivity contribution in [2.75, 3.05) is 0 Å². The van der Waals surface area contributed by atoms with Crippen LogP contribution >= 0.6 is 0 Å². The topological polar surface area (TPSA) is 17.1 Å². The number of allylic oxidation sites excluding steroid dienone is 1. The molecule has 0 saturated carbocycles. The molecule has 0 atom stereocenters. The highest BCUT2D eigenvalue weighted by molar-refractivity contribution is 6.13. The second kappa shape index (κ2) is 5.46. The molecule has 0 aliphatic carbocycles. The molecule has 0 bridgehead atoms. The molecule has 0 fully saturated rings. The van der Waals surface area contributed by atoms with Crippen molar-refractivity contribution in [2.24, 2.45) is 0 Å². The number of aryl methyl sites for hydroxylation is 2. The van der Waals surface area contributed by atoms with Gasteiger partial charge in [-0.3, -0.25) is 4.79 Å². The summed E-state index contributed by atoms with van der Waals surface area (Å²) in [7, 11) is 0. The van der Waals surface area contributed by atoms with Gasteiger partial charge in [-0.15, -0.1) is 0 Å². The van der Waals surface area contributed by atoms with Gasteiger partial charge in [-0.25, -0.2) is 0 Å². The quantitative estimate of drug-likeness (QED) is 0.446. The minimum atomic E-state index is 0.712. The normalized spacial score (nSPS) is 11.3. The Labute approximate surface area is 108 Å². The number of carbonyl (C=O) groups is 1. The van der Waals surface area contributed by atoms with Crippen LogP contribution < -0.4 is 0 Å². The fraction of sp³-hybridized carbons (Fsp3) is 0.118. The fourth-order valence-corrected chi connectivity index (χ4v) is 1.95. The first-order chi connectivity index (χ1) is 8.69. The van der Waals surface area contributed by atoms with Crippen LogP contribution in [0.5, 0.6) is 0 Å². The van der Waals surface area contributed by atoms with Crippen molar-refractivity contribution in [1.29, 1.82) is 0 Å². The van der Waals surface area contributed by atoms with E-state index in [2.05, 4.69) is 6.07 Å². The molecule has 0 amide bonds. The molecule has 0 saturated heterocycles. The summed E-state index contributed by atoms with van der Waals surface area (Å²) in [5.74, 6) is 0. The maximum absolute atomic E-state index is 11.2. The van der Waals surface area contributed by atoms with Gasteiger partial charge in [0.05, 0.1) is 0 Å². The summed E-state index contributed by atoms with van der Waals surface area (Å²) < 4.78 is 0. The Hall–Kier alpha value is -2.15. The molecule has 0 N–H and O–H groups in total.